The Balaban J connectivity index is 1.94. The van der Waals surface area contributed by atoms with Gasteiger partial charge in [-0.2, -0.15) is 5.10 Å². The monoisotopic (exact) mass is 315 g/mol. The highest BCUT2D eigenvalue weighted by Gasteiger charge is 2.14. The molecule has 1 heterocycles. The number of hydrogen-bond donors (Lipinski definition) is 1. The zero-order valence-corrected chi connectivity index (χ0v) is 13.8. The lowest BCUT2D eigenvalue weighted by Gasteiger charge is -2.14. The third kappa shape index (κ3) is 4.42. The number of esters is 1. The first-order valence-corrected chi connectivity index (χ1v) is 7.42. The molecule has 0 saturated carbocycles. The van der Waals surface area contributed by atoms with E-state index in [9.17, 15) is 9.59 Å². The molecule has 0 saturated heterocycles. The van der Waals surface area contributed by atoms with Gasteiger partial charge in [-0.3, -0.25) is 14.3 Å². The Morgan fingerprint density at radius 2 is 1.96 bits per heavy atom. The van der Waals surface area contributed by atoms with Crippen molar-refractivity contribution in [3.63, 3.8) is 0 Å². The van der Waals surface area contributed by atoms with Crippen LogP contribution >= 0.6 is 0 Å². The van der Waals surface area contributed by atoms with E-state index in [1.807, 2.05) is 20.9 Å². The molecule has 0 aliphatic heterocycles. The first kappa shape index (κ1) is 16.7. The number of aryl methyl sites for hydroxylation is 1. The van der Waals surface area contributed by atoms with Gasteiger partial charge in [-0.25, -0.2) is 0 Å². The summed E-state index contributed by atoms with van der Waals surface area (Å²) in [6.45, 7) is 5.26. The molecular formula is C17H21N3O3. The number of carbonyl (C=O) groups excluding carboxylic acids is 2. The Labute approximate surface area is 135 Å². The SMILES string of the molecule is CC(=O)Oc1ccc(CC(=O)N[C@@H](C)c2cnn(C)c2C)cc1. The zero-order valence-electron chi connectivity index (χ0n) is 13.8. The number of benzene rings is 1. The van der Waals surface area contributed by atoms with E-state index < -0.39 is 0 Å². The van der Waals surface area contributed by atoms with Crippen LogP contribution in [-0.4, -0.2) is 21.7 Å². The van der Waals surface area contributed by atoms with Gasteiger partial charge in [-0.15, -0.1) is 0 Å². The Morgan fingerprint density at radius 1 is 1.30 bits per heavy atom. The average Bonchev–Trinajstić information content (AvgIpc) is 2.80. The quantitative estimate of drug-likeness (QED) is 0.677. The van der Waals surface area contributed by atoms with Gasteiger partial charge in [0.15, 0.2) is 0 Å². The van der Waals surface area contributed by atoms with Gasteiger partial charge in [0, 0.05) is 25.2 Å². The maximum absolute atomic E-state index is 12.2. The summed E-state index contributed by atoms with van der Waals surface area (Å²) in [6.07, 6.45) is 2.04. The van der Waals surface area contributed by atoms with E-state index in [1.54, 1.807) is 35.1 Å². The fourth-order valence-corrected chi connectivity index (χ4v) is 2.34. The summed E-state index contributed by atoms with van der Waals surface area (Å²) >= 11 is 0. The predicted octanol–water partition coefficient (Wildman–Crippen LogP) is 2.07. The van der Waals surface area contributed by atoms with Crippen LogP contribution < -0.4 is 10.1 Å². The Kier molecular flexibility index (Phi) is 5.16. The van der Waals surface area contributed by atoms with Gasteiger partial charge >= 0.3 is 5.97 Å². The fraction of sp³-hybridized carbons (Fsp3) is 0.353. The van der Waals surface area contributed by atoms with E-state index in [-0.39, 0.29) is 24.3 Å². The number of carbonyl (C=O) groups is 2. The second-order valence-electron chi connectivity index (χ2n) is 5.51. The van der Waals surface area contributed by atoms with Crippen LogP contribution in [0.3, 0.4) is 0 Å². The number of hydrogen-bond acceptors (Lipinski definition) is 4. The number of nitrogens with zero attached hydrogens (tertiary/aromatic N) is 2. The molecule has 0 unspecified atom stereocenters. The summed E-state index contributed by atoms with van der Waals surface area (Å²) in [6, 6.07) is 6.81. The van der Waals surface area contributed by atoms with Gasteiger partial charge in [-0.05, 0) is 31.5 Å². The molecule has 1 aromatic carbocycles. The van der Waals surface area contributed by atoms with Crippen LogP contribution in [-0.2, 0) is 23.1 Å². The third-order valence-corrected chi connectivity index (χ3v) is 3.67. The molecule has 1 amide bonds. The Morgan fingerprint density at radius 3 is 2.48 bits per heavy atom. The summed E-state index contributed by atoms with van der Waals surface area (Å²) in [5, 5.41) is 7.15. The molecule has 1 aromatic heterocycles. The second kappa shape index (κ2) is 7.09. The van der Waals surface area contributed by atoms with Gasteiger partial charge in [0.05, 0.1) is 18.7 Å². The third-order valence-electron chi connectivity index (χ3n) is 3.67. The summed E-state index contributed by atoms with van der Waals surface area (Å²) < 4.78 is 6.75. The predicted molar refractivity (Wildman–Crippen MR) is 86.0 cm³/mol. The topological polar surface area (TPSA) is 73.2 Å². The summed E-state index contributed by atoms with van der Waals surface area (Å²) in [5.74, 6) is 0.0400. The molecule has 0 fully saturated rings. The van der Waals surface area contributed by atoms with Crippen LogP contribution in [0.5, 0.6) is 5.75 Å². The lowest BCUT2D eigenvalue weighted by Crippen LogP contribution is -2.28. The summed E-state index contributed by atoms with van der Waals surface area (Å²) in [7, 11) is 1.87. The number of amides is 1. The van der Waals surface area contributed by atoms with Crippen molar-refractivity contribution in [2.24, 2.45) is 7.05 Å². The standard InChI is InChI=1S/C17H21N3O3/c1-11(16-10-18-20(4)12(16)2)19-17(22)9-14-5-7-15(8-6-14)23-13(3)21/h5-8,10-11H,9H2,1-4H3,(H,19,22)/t11-/m0/s1. The van der Waals surface area contributed by atoms with Crippen LogP contribution in [0.25, 0.3) is 0 Å². The lowest BCUT2D eigenvalue weighted by atomic mass is 10.1. The highest BCUT2D eigenvalue weighted by molar-refractivity contribution is 5.79. The molecule has 2 aromatic rings. The molecule has 122 valence electrons. The van der Waals surface area contributed by atoms with Crippen LogP contribution in [0.2, 0.25) is 0 Å². The molecule has 2 rings (SSSR count). The maximum Gasteiger partial charge on any atom is 0.308 e. The normalized spacial score (nSPS) is 11.8. The van der Waals surface area contributed by atoms with Crippen molar-refractivity contribution in [1.29, 1.82) is 0 Å². The minimum absolute atomic E-state index is 0.0685. The first-order valence-electron chi connectivity index (χ1n) is 7.42. The highest BCUT2D eigenvalue weighted by atomic mass is 16.5. The molecule has 23 heavy (non-hydrogen) atoms. The van der Waals surface area contributed by atoms with Crippen LogP contribution in [0.4, 0.5) is 0 Å². The molecular weight excluding hydrogens is 294 g/mol. The first-order chi connectivity index (χ1) is 10.9. The van der Waals surface area contributed by atoms with Gasteiger partial charge in [0.25, 0.3) is 0 Å². The van der Waals surface area contributed by atoms with E-state index in [2.05, 4.69) is 10.4 Å². The van der Waals surface area contributed by atoms with Crippen molar-refractivity contribution in [3.8, 4) is 5.75 Å². The van der Waals surface area contributed by atoms with Crippen molar-refractivity contribution in [3.05, 3.63) is 47.3 Å². The van der Waals surface area contributed by atoms with Crippen molar-refractivity contribution in [2.75, 3.05) is 0 Å². The minimum Gasteiger partial charge on any atom is -0.427 e. The van der Waals surface area contributed by atoms with E-state index in [1.165, 1.54) is 6.92 Å². The number of ether oxygens (including phenoxy) is 1. The fourth-order valence-electron chi connectivity index (χ4n) is 2.34. The Hall–Kier alpha value is -2.63. The molecule has 0 aliphatic carbocycles. The molecule has 1 atom stereocenters. The smallest absolute Gasteiger partial charge is 0.308 e. The summed E-state index contributed by atoms with van der Waals surface area (Å²) in [4.78, 5) is 23.0. The minimum atomic E-state index is -0.365. The summed E-state index contributed by atoms with van der Waals surface area (Å²) in [5.41, 5.74) is 2.89. The molecule has 6 nitrogen and oxygen atoms in total. The Bertz CT molecular complexity index is 704. The van der Waals surface area contributed by atoms with Crippen molar-refractivity contribution < 1.29 is 14.3 Å². The van der Waals surface area contributed by atoms with E-state index >= 15 is 0 Å². The largest absolute Gasteiger partial charge is 0.427 e. The number of aromatic nitrogens is 2. The molecule has 1 N–H and O–H groups in total. The van der Waals surface area contributed by atoms with E-state index in [0.29, 0.717) is 5.75 Å². The second-order valence-corrected chi connectivity index (χ2v) is 5.51. The number of nitrogens with one attached hydrogen (secondary N) is 1. The van der Waals surface area contributed by atoms with Gasteiger partial charge in [0.2, 0.25) is 5.91 Å². The van der Waals surface area contributed by atoms with E-state index in [0.717, 1.165) is 16.8 Å². The van der Waals surface area contributed by atoms with Crippen LogP contribution in [0.1, 0.15) is 36.7 Å². The van der Waals surface area contributed by atoms with Gasteiger partial charge in [0.1, 0.15) is 5.75 Å². The van der Waals surface area contributed by atoms with Crippen LogP contribution in [0, 0.1) is 6.92 Å². The van der Waals surface area contributed by atoms with Gasteiger partial charge < -0.3 is 10.1 Å². The molecule has 0 aliphatic rings. The van der Waals surface area contributed by atoms with E-state index in [4.69, 9.17) is 4.74 Å². The van der Waals surface area contributed by atoms with Crippen LogP contribution in [0.15, 0.2) is 30.5 Å². The zero-order chi connectivity index (χ0) is 17.0. The maximum atomic E-state index is 12.2. The highest BCUT2D eigenvalue weighted by Crippen LogP contribution is 2.17. The lowest BCUT2D eigenvalue weighted by molar-refractivity contribution is -0.131. The van der Waals surface area contributed by atoms with Crippen molar-refractivity contribution in [1.82, 2.24) is 15.1 Å². The van der Waals surface area contributed by atoms with Gasteiger partial charge in [-0.1, -0.05) is 12.1 Å². The molecule has 0 bridgehead atoms. The average molecular weight is 315 g/mol. The van der Waals surface area contributed by atoms with Crippen molar-refractivity contribution >= 4 is 11.9 Å². The molecule has 0 radical (unpaired) electrons. The van der Waals surface area contributed by atoms with Crippen molar-refractivity contribution in [2.45, 2.75) is 33.2 Å². The number of rotatable bonds is 5. The molecule has 6 heteroatoms. The molecule has 0 spiro atoms.